The van der Waals surface area contributed by atoms with E-state index in [1.807, 2.05) is 0 Å². The Bertz CT molecular complexity index is 413. The van der Waals surface area contributed by atoms with Gasteiger partial charge in [0.25, 0.3) is 0 Å². The van der Waals surface area contributed by atoms with Crippen molar-refractivity contribution in [3.05, 3.63) is 29.8 Å². The first-order valence-electron chi connectivity index (χ1n) is 4.64. The Hall–Kier alpha value is -1.56. The highest BCUT2D eigenvalue weighted by Gasteiger charge is 2.35. The summed E-state index contributed by atoms with van der Waals surface area (Å²) in [5, 5.41) is 0. The van der Waals surface area contributed by atoms with E-state index in [1.165, 1.54) is 17.0 Å². The van der Waals surface area contributed by atoms with Gasteiger partial charge in [-0.3, -0.25) is 4.79 Å². The molecule has 0 radical (unpaired) electrons. The van der Waals surface area contributed by atoms with Crippen LogP contribution in [0.1, 0.15) is 5.56 Å². The number of rotatable bonds is 1. The Labute approximate surface area is 89.6 Å². The fourth-order valence-electron chi connectivity index (χ4n) is 1.52. The second kappa shape index (κ2) is 3.48. The fourth-order valence-corrected chi connectivity index (χ4v) is 1.52. The molecule has 2 rings (SSSR count). The number of carbonyl (C=O) groups is 1. The summed E-state index contributed by atoms with van der Waals surface area (Å²) in [6.07, 6.45) is -4.35. The summed E-state index contributed by atoms with van der Waals surface area (Å²) >= 11 is 0. The largest absolute Gasteiger partial charge is 0.416 e. The molecule has 1 aromatic carbocycles. The van der Waals surface area contributed by atoms with E-state index in [0.29, 0.717) is 12.2 Å². The maximum absolute atomic E-state index is 12.3. The zero-order valence-electron chi connectivity index (χ0n) is 8.16. The van der Waals surface area contributed by atoms with Crippen molar-refractivity contribution < 1.29 is 18.0 Å². The predicted octanol–water partition coefficient (Wildman–Crippen LogP) is 1.38. The van der Waals surface area contributed by atoms with E-state index in [2.05, 4.69) is 0 Å². The minimum Gasteiger partial charge on any atom is -0.318 e. The van der Waals surface area contributed by atoms with E-state index in [1.54, 1.807) is 0 Å². The summed E-state index contributed by atoms with van der Waals surface area (Å²) in [5.41, 5.74) is 5.09. The number of benzene rings is 1. The van der Waals surface area contributed by atoms with Crippen LogP contribution >= 0.6 is 0 Å². The van der Waals surface area contributed by atoms with Crippen molar-refractivity contribution in [2.75, 3.05) is 11.4 Å². The minimum atomic E-state index is -4.35. The lowest BCUT2D eigenvalue weighted by Gasteiger charge is -2.36. The zero-order chi connectivity index (χ0) is 11.9. The first kappa shape index (κ1) is 10.9. The van der Waals surface area contributed by atoms with Crippen molar-refractivity contribution in [3.8, 4) is 0 Å². The number of amides is 1. The number of halogens is 3. The lowest BCUT2D eigenvalue weighted by Crippen LogP contribution is -2.61. The number of β-lactam (4-membered cyclic amide) rings is 1. The summed E-state index contributed by atoms with van der Waals surface area (Å²) in [4.78, 5) is 12.6. The van der Waals surface area contributed by atoms with Crippen LogP contribution < -0.4 is 10.6 Å². The average Bonchev–Trinajstić information content (AvgIpc) is 2.24. The summed E-state index contributed by atoms with van der Waals surface area (Å²) < 4.78 is 36.8. The zero-order valence-corrected chi connectivity index (χ0v) is 8.16. The van der Waals surface area contributed by atoms with E-state index >= 15 is 0 Å². The van der Waals surface area contributed by atoms with Gasteiger partial charge in [0.2, 0.25) is 5.91 Å². The second-order valence-corrected chi connectivity index (χ2v) is 3.60. The normalized spacial score (nSPS) is 20.9. The molecule has 0 aromatic heterocycles. The van der Waals surface area contributed by atoms with E-state index < -0.39 is 17.8 Å². The molecule has 0 saturated carbocycles. The van der Waals surface area contributed by atoms with Gasteiger partial charge in [0.15, 0.2) is 0 Å². The Morgan fingerprint density at radius 3 is 2.19 bits per heavy atom. The molecule has 6 heteroatoms. The van der Waals surface area contributed by atoms with Crippen molar-refractivity contribution >= 4 is 11.6 Å². The Kier molecular flexibility index (Phi) is 2.38. The summed E-state index contributed by atoms with van der Waals surface area (Å²) in [6, 6.07) is 3.92. The number of nitrogens with two attached hydrogens (primary N) is 1. The first-order chi connectivity index (χ1) is 7.39. The fraction of sp³-hybridized carbons (Fsp3) is 0.300. The monoisotopic (exact) mass is 230 g/mol. The van der Waals surface area contributed by atoms with Crippen LogP contribution in [-0.2, 0) is 11.0 Å². The third-order valence-corrected chi connectivity index (χ3v) is 2.47. The second-order valence-electron chi connectivity index (χ2n) is 3.60. The molecule has 1 atom stereocenters. The number of hydrogen-bond acceptors (Lipinski definition) is 2. The highest BCUT2D eigenvalue weighted by molar-refractivity contribution is 6.03. The van der Waals surface area contributed by atoms with Crippen LogP contribution in [0.4, 0.5) is 18.9 Å². The van der Waals surface area contributed by atoms with Gasteiger partial charge >= 0.3 is 6.18 Å². The lowest BCUT2D eigenvalue weighted by molar-refractivity contribution is -0.137. The molecule has 1 aliphatic heterocycles. The maximum atomic E-state index is 12.3. The van der Waals surface area contributed by atoms with Gasteiger partial charge in [-0.1, -0.05) is 0 Å². The molecular formula is C10H9F3N2O. The average molecular weight is 230 g/mol. The van der Waals surface area contributed by atoms with Gasteiger partial charge in [-0.15, -0.1) is 0 Å². The Balaban J connectivity index is 2.18. The summed E-state index contributed by atoms with van der Waals surface area (Å²) in [5.74, 6) is -0.264. The quantitative estimate of drug-likeness (QED) is 0.741. The molecule has 1 fully saturated rings. The van der Waals surface area contributed by atoms with Crippen LogP contribution in [0.3, 0.4) is 0 Å². The Morgan fingerprint density at radius 1 is 1.25 bits per heavy atom. The standard InChI is InChI=1S/C10H9F3N2O/c11-10(12,13)6-1-3-7(4-2-6)15-5-8(14)9(15)16/h1-4,8H,5,14H2/t8-/m1/s1. The van der Waals surface area contributed by atoms with Crippen molar-refractivity contribution in [1.82, 2.24) is 0 Å². The summed E-state index contributed by atoms with van der Waals surface area (Å²) in [6.45, 7) is 0.351. The van der Waals surface area contributed by atoms with Gasteiger partial charge in [0.05, 0.1) is 12.1 Å². The molecule has 2 N–H and O–H groups in total. The van der Waals surface area contributed by atoms with Crippen molar-refractivity contribution in [2.45, 2.75) is 12.2 Å². The van der Waals surface area contributed by atoms with Gasteiger partial charge in [-0.2, -0.15) is 13.2 Å². The molecule has 1 heterocycles. The van der Waals surface area contributed by atoms with Crippen molar-refractivity contribution in [1.29, 1.82) is 0 Å². The third-order valence-electron chi connectivity index (χ3n) is 2.47. The molecule has 16 heavy (non-hydrogen) atoms. The first-order valence-corrected chi connectivity index (χ1v) is 4.64. The van der Waals surface area contributed by atoms with E-state index in [-0.39, 0.29) is 5.91 Å². The van der Waals surface area contributed by atoms with Crippen molar-refractivity contribution in [2.24, 2.45) is 5.73 Å². The van der Waals surface area contributed by atoms with Crippen LogP contribution in [0.25, 0.3) is 0 Å². The van der Waals surface area contributed by atoms with Gasteiger partial charge in [0, 0.05) is 5.69 Å². The van der Waals surface area contributed by atoms with E-state index in [0.717, 1.165) is 12.1 Å². The molecule has 1 saturated heterocycles. The molecule has 0 bridgehead atoms. The number of carbonyl (C=O) groups excluding carboxylic acids is 1. The van der Waals surface area contributed by atoms with Crippen LogP contribution in [0, 0.1) is 0 Å². The van der Waals surface area contributed by atoms with Gasteiger partial charge < -0.3 is 10.6 Å². The van der Waals surface area contributed by atoms with Gasteiger partial charge in [-0.05, 0) is 24.3 Å². The molecule has 0 aliphatic carbocycles. The highest BCUT2D eigenvalue weighted by Crippen LogP contribution is 2.31. The molecule has 1 aromatic rings. The number of alkyl halides is 3. The van der Waals surface area contributed by atoms with Crippen molar-refractivity contribution in [3.63, 3.8) is 0 Å². The van der Waals surface area contributed by atoms with Crippen LogP contribution in [0.5, 0.6) is 0 Å². The maximum Gasteiger partial charge on any atom is 0.416 e. The van der Waals surface area contributed by atoms with Crippen LogP contribution in [0.2, 0.25) is 0 Å². The van der Waals surface area contributed by atoms with Gasteiger partial charge in [0.1, 0.15) is 6.04 Å². The number of hydrogen-bond donors (Lipinski definition) is 1. The number of anilines is 1. The summed E-state index contributed by atoms with van der Waals surface area (Å²) in [7, 11) is 0. The molecule has 3 nitrogen and oxygen atoms in total. The predicted molar refractivity (Wildman–Crippen MR) is 51.8 cm³/mol. The molecule has 0 unspecified atom stereocenters. The van der Waals surface area contributed by atoms with Gasteiger partial charge in [-0.25, -0.2) is 0 Å². The van der Waals surface area contributed by atoms with E-state index in [4.69, 9.17) is 5.73 Å². The van der Waals surface area contributed by atoms with E-state index in [9.17, 15) is 18.0 Å². The SMILES string of the molecule is N[C@@H]1CN(c2ccc(C(F)(F)F)cc2)C1=O. The molecule has 0 spiro atoms. The number of nitrogens with zero attached hydrogens (tertiary/aromatic N) is 1. The molecule has 1 aliphatic rings. The molecular weight excluding hydrogens is 221 g/mol. The molecule has 86 valence electrons. The van der Waals surface area contributed by atoms with Crippen LogP contribution in [0.15, 0.2) is 24.3 Å². The third kappa shape index (κ3) is 1.76. The molecule has 1 amide bonds. The highest BCUT2D eigenvalue weighted by atomic mass is 19.4. The van der Waals surface area contributed by atoms with Crippen LogP contribution in [-0.4, -0.2) is 18.5 Å². The lowest BCUT2D eigenvalue weighted by atomic mass is 10.1. The topological polar surface area (TPSA) is 46.3 Å². The minimum absolute atomic E-state index is 0.264. The smallest absolute Gasteiger partial charge is 0.318 e. The Morgan fingerprint density at radius 2 is 1.81 bits per heavy atom.